The van der Waals surface area contributed by atoms with Crippen LogP contribution in [0.3, 0.4) is 0 Å². The molecule has 0 fully saturated rings. The molecule has 0 saturated heterocycles. The van der Waals surface area contributed by atoms with Crippen molar-refractivity contribution in [3.63, 3.8) is 0 Å². The van der Waals surface area contributed by atoms with Crippen LogP contribution in [0.15, 0.2) is 18.3 Å². The molecule has 0 radical (unpaired) electrons. The lowest BCUT2D eigenvalue weighted by molar-refractivity contribution is 1.14. The van der Waals surface area contributed by atoms with E-state index in [2.05, 4.69) is 15.0 Å². The zero-order valence-electron chi connectivity index (χ0n) is 6.65. The van der Waals surface area contributed by atoms with Crippen LogP contribution in [-0.2, 0) is 0 Å². The first-order valence-electron chi connectivity index (χ1n) is 3.62. The van der Waals surface area contributed by atoms with E-state index in [1.807, 2.05) is 19.1 Å². The van der Waals surface area contributed by atoms with Gasteiger partial charge in [0.05, 0.1) is 11.2 Å². The van der Waals surface area contributed by atoms with Crippen LogP contribution in [0.4, 0.5) is 5.95 Å². The number of aryl methyl sites for hydroxylation is 1. The van der Waals surface area contributed by atoms with Gasteiger partial charge in [0.1, 0.15) is 5.52 Å². The normalized spacial score (nSPS) is 10.4. The average molecular weight is 160 g/mol. The van der Waals surface area contributed by atoms with E-state index in [0.29, 0.717) is 5.95 Å². The van der Waals surface area contributed by atoms with Gasteiger partial charge >= 0.3 is 0 Å². The standard InChI is InChI=1S/C8H8N4/c1-5-7-6(3-2-4-10-7)12-8(9)11-5/h2-4H,1H3,(H2,9,11,12). The van der Waals surface area contributed by atoms with Crippen molar-refractivity contribution in [3.8, 4) is 0 Å². The first-order chi connectivity index (χ1) is 5.77. The Labute approximate surface area is 69.5 Å². The van der Waals surface area contributed by atoms with E-state index < -0.39 is 0 Å². The molecule has 2 heterocycles. The summed E-state index contributed by atoms with van der Waals surface area (Å²) in [6.45, 7) is 1.87. The van der Waals surface area contributed by atoms with Crippen LogP contribution in [0.2, 0.25) is 0 Å². The number of rotatable bonds is 0. The minimum Gasteiger partial charge on any atom is -0.368 e. The molecule has 0 saturated carbocycles. The molecule has 12 heavy (non-hydrogen) atoms. The Balaban J connectivity index is 2.89. The van der Waals surface area contributed by atoms with Crippen LogP contribution in [0.25, 0.3) is 11.0 Å². The fourth-order valence-electron chi connectivity index (χ4n) is 1.14. The second kappa shape index (κ2) is 2.41. The summed E-state index contributed by atoms with van der Waals surface area (Å²) in [5.74, 6) is 0.299. The Morgan fingerprint density at radius 3 is 3.00 bits per heavy atom. The number of nitrogens with zero attached hydrogens (tertiary/aromatic N) is 3. The smallest absolute Gasteiger partial charge is 0.220 e. The lowest BCUT2D eigenvalue weighted by Gasteiger charge is -1.99. The van der Waals surface area contributed by atoms with Gasteiger partial charge in [0, 0.05) is 6.20 Å². The van der Waals surface area contributed by atoms with E-state index in [9.17, 15) is 0 Å². The molecule has 0 amide bonds. The summed E-state index contributed by atoms with van der Waals surface area (Å²) in [7, 11) is 0. The van der Waals surface area contributed by atoms with E-state index >= 15 is 0 Å². The predicted molar refractivity (Wildman–Crippen MR) is 46.5 cm³/mol. The monoisotopic (exact) mass is 160 g/mol. The van der Waals surface area contributed by atoms with Crippen LogP contribution in [0, 0.1) is 6.92 Å². The number of aromatic nitrogens is 3. The quantitative estimate of drug-likeness (QED) is 0.622. The van der Waals surface area contributed by atoms with Crippen molar-refractivity contribution in [2.75, 3.05) is 5.73 Å². The Morgan fingerprint density at radius 2 is 2.17 bits per heavy atom. The van der Waals surface area contributed by atoms with Gasteiger partial charge in [0.2, 0.25) is 5.95 Å². The van der Waals surface area contributed by atoms with Gasteiger partial charge in [-0.1, -0.05) is 0 Å². The van der Waals surface area contributed by atoms with E-state index in [1.54, 1.807) is 6.20 Å². The zero-order chi connectivity index (χ0) is 8.55. The highest BCUT2D eigenvalue weighted by molar-refractivity contribution is 5.76. The molecule has 0 aliphatic rings. The summed E-state index contributed by atoms with van der Waals surface area (Å²) in [6.07, 6.45) is 1.72. The minimum atomic E-state index is 0.299. The van der Waals surface area contributed by atoms with Crippen molar-refractivity contribution in [1.82, 2.24) is 15.0 Å². The molecule has 0 aromatic carbocycles. The van der Waals surface area contributed by atoms with Gasteiger partial charge < -0.3 is 5.73 Å². The van der Waals surface area contributed by atoms with Crippen molar-refractivity contribution in [2.45, 2.75) is 6.92 Å². The fraction of sp³-hybridized carbons (Fsp3) is 0.125. The summed E-state index contributed by atoms with van der Waals surface area (Å²) >= 11 is 0. The van der Waals surface area contributed by atoms with Crippen molar-refractivity contribution >= 4 is 17.0 Å². The zero-order valence-corrected chi connectivity index (χ0v) is 6.65. The molecular weight excluding hydrogens is 152 g/mol. The molecular formula is C8H8N4. The molecule has 0 bridgehead atoms. The highest BCUT2D eigenvalue weighted by Gasteiger charge is 2.00. The molecule has 0 unspecified atom stereocenters. The van der Waals surface area contributed by atoms with Crippen LogP contribution < -0.4 is 5.73 Å². The maximum absolute atomic E-state index is 5.47. The molecule has 0 aliphatic carbocycles. The third kappa shape index (κ3) is 0.972. The SMILES string of the molecule is Cc1nc(N)nc2cccnc12. The molecule has 2 aromatic rings. The third-order valence-corrected chi connectivity index (χ3v) is 1.65. The maximum Gasteiger partial charge on any atom is 0.220 e. The van der Waals surface area contributed by atoms with Gasteiger partial charge in [0.25, 0.3) is 0 Å². The van der Waals surface area contributed by atoms with Gasteiger partial charge in [-0.15, -0.1) is 0 Å². The fourth-order valence-corrected chi connectivity index (χ4v) is 1.14. The van der Waals surface area contributed by atoms with Crippen molar-refractivity contribution in [2.24, 2.45) is 0 Å². The highest BCUT2D eigenvalue weighted by Crippen LogP contribution is 2.11. The lowest BCUT2D eigenvalue weighted by atomic mass is 10.3. The molecule has 0 aliphatic heterocycles. The van der Waals surface area contributed by atoms with E-state index in [-0.39, 0.29) is 0 Å². The summed E-state index contributed by atoms with van der Waals surface area (Å²) in [4.78, 5) is 12.2. The number of hydrogen-bond acceptors (Lipinski definition) is 4. The summed E-state index contributed by atoms with van der Waals surface area (Å²) in [5.41, 5.74) is 7.90. The van der Waals surface area contributed by atoms with Gasteiger partial charge in [-0.3, -0.25) is 4.98 Å². The topological polar surface area (TPSA) is 64.7 Å². The number of nitrogen functional groups attached to an aromatic ring is 1. The van der Waals surface area contributed by atoms with Crippen molar-refractivity contribution < 1.29 is 0 Å². The first kappa shape index (κ1) is 6.97. The van der Waals surface area contributed by atoms with Crippen LogP contribution >= 0.6 is 0 Å². The Hall–Kier alpha value is -1.71. The molecule has 2 aromatic heterocycles. The van der Waals surface area contributed by atoms with Gasteiger partial charge in [-0.25, -0.2) is 9.97 Å². The Bertz CT molecular complexity index is 424. The molecule has 60 valence electrons. The van der Waals surface area contributed by atoms with E-state index in [0.717, 1.165) is 16.7 Å². The Morgan fingerprint density at radius 1 is 1.33 bits per heavy atom. The van der Waals surface area contributed by atoms with Crippen LogP contribution in [-0.4, -0.2) is 15.0 Å². The summed E-state index contributed by atoms with van der Waals surface area (Å²) in [5, 5.41) is 0. The second-order valence-electron chi connectivity index (χ2n) is 2.54. The molecule has 2 N–H and O–H groups in total. The maximum atomic E-state index is 5.47. The van der Waals surface area contributed by atoms with E-state index in [1.165, 1.54) is 0 Å². The summed E-state index contributed by atoms with van der Waals surface area (Å²) < 4.78 is 0. The van der Waals surface area contributed by atoms with Gasteiger partial charge in [-0.05, 0) is 19.1 Å². The third-order valence-electron chi connectivity index (χ3n) is 1.65. The van der Waals surface area contributed by atoms with Crippen LogP contribution in [0.5, 0.6) is 0 Å². The number of fused-ring (bicyclic) bond motifs is 1. The summed E-state index contributed by atoms with van der Waals surface area (Å²) in [6, 6.07) is 3.70. The molecule has 0 spiro atoms. The molecule has 0 atom stereocenters. The van der Waals surface area contributed by atoms with Crippen molar-refractivity contribution in [1.29, 1.82) is 0 Å². The lowest BCUT2D eigenvalue weighted by Crippen LogP contribution is -1.98. The van der Waals surface area contributed by atoms with Gasteiger partial charge in [0.15, 0.2) is 0 Å². The second-order valence-corrected chi connectivity index (χ2v) is 2.54. The minimum absolute atomic E-state index is 0.299. The van der Waals surface area contributed by atoms with Gasteiger partial charge in [-0.2, -0.15) is 0 Å². The van der Waals surface area contributed by atoms with Crippen LogP contribution in [0.1, 0.15) is 5.69 Å². The number of pyridine rings is 1. The van der Waals surface area contributed by atoms with Crippen molar-refractivity contribution in [3.05, 3.63) is 24.0 Å². The molecule has 4 heteroatoms. The highest BCUT2D eigenvalue weighted by atomic mass is 15.0. The van der Waals surface area contributed by atoms with E-state index in [4.69, 9.17) is 5.73 Å². The molecule has 2 rings (SSSR count). The first-order valence-corrected chi connectivity index (χ1v) is 3.62. The number of anilines is 1. The molecule has 4 nitrogen and oxygen atoms in total. The largest absolute Gasteiger partial charge is 0.368 e. The number of nitrogens with two attached hydrogens (primary N) is 1. The Kier molecular flexibility index (Phi) is 1.40. The number of hydrogen-bond donors (Lipinski definition) is 1. The average Bonchev–Trinajstić information content (AvgIpc) is 2.04. The predicted octanol–water partition coefficient (Wildman–Crippen LogP) is 0.915.